The van der Waals surface area contributed by atoms with E-state index in [9.17, 15) is 4.79 Å². The van der Waals surface area contributed by atoms with Crippen LogP contribution in [0.2, 0.25) is 0 Å². The normalized spacial score (nSPS) is 26.1. The monoisotopic (exact) mass is 297 g/mol. The zero-order valence-corrected chi connectivity index (χ0v) is 12.9. The van der Waals surface area contributed by atoms with Gasteiger partial charge in [0.15, 0.2) is 0 Å². The zero-order chi connectivity index (χ0) is 15.3. The van der Waals surface area contributed by atoms with Crippen molar-refractivity contribution in [2.45, 2.75) is 19.8 Å². The third-order valence-electron chi connectivity index (χ3n) is 5.20. The number of hydrogen-bond acceptors (Lipinski definition) is 4. The number of fused-ring (bicyclic) bond motifs is 1. The molecule has 1 amide bonds. The first kappa shape index (κ1) is 13.4. The lowest BCUT2D eigenvalue weighted by atomic mass is 10.0. The number of rotatable bonds is 3. The Labute approximate surface area is 129 Å². The maximum absolute atomic E-state index is 12.6. The van der Waals surface area contributed by atoms with Gasteiger partial charge in [0, 0.05) is 24.2 Å². The summed E-state index contributed by atoms with van der Waals surface area (Å²) in [5.74, 6) is 1.44. The van der Waals surface area contributed by atoms with Gasteiger partial charge in [0.1, 0.15) is 0 Å². The summed E-state index contributed by atoms with van der Waals surface area (Å²) in [4.78, 5) is 16.0. The molecule has 22 heavy (non-hydrogen) atoms. The first-order valence-electron chi connectivity index (χ1n) is 7.75. The fourth-order valence-corrected chi connectivity index (χ4v) is 3.64. The summed E-state index contributed by atoms with van der Waals surface area (Å²) in [6.45, 7) is 4.07. The Kier molecular flexibility index (Phi) is 2.82. The van der Waals surface area contributed by atoms with Crippen LogP contribution in [0.5, 0.6) is 0 Å². The third kappa shape index (κ3) is 2.01. The molecule has 0 spiro atoms. The van der Waals surface area contributed by atoms with Crippen LogP contribution in [0.25, 0.3) is 11.4 Å². The zero-order valence-electron chi connectivity index (χ0n) is 12.9. The van der Waals surface area contributed by atoms with Crippen LogP contribution in [0.3, 0.4) is 0 Å². The van der Waals surface area contributed by atoms with Gasteiger partial charge in [-0.25, -0.2) is 0 Å². The molecule has 4 rings (SSSR count). The van der Waals surface area contributed by atoms with E-state index in [2.05, 4.69) is 22.3 Å². The highest BCUT2D eigenvalue weighted by molar-refractivity contribution is 5.95. The Balaban J connectivity index is 1.50. The SMILES string of the molecule is CCC12CC1CN(C(=O)c1ccc(-c3nnn(C)n3)cc1)C2. The van der Waals surface area contributed by atoms with Crippen molar-refractivity contribution in [2.75, 3.05) is 13.1 Å². The molecule has 0 N–H and O–H groups in total. The lowest BCUT2D eigenvalue weighted by molar-refractivity contribution is 0.0764. The second-order valence-corrected chi connectivity index (χ2v) is 6.48. The van der Waals surface area contributed by atoms with Crippen LogP contribution in [0.15, 0.2) is 24.3 Å². The molecule has 0 bridgehead atoms. The second-order valence-electron chi connectivity index (χ2n) is 6.48. The van der Waals surface area contributed by atoms with Crippen molar-refractivity contribution in [3.8, 4) is 11.4 Å². The number of nitrogens with zero attached hydrogens (tertiary/aromatic N) is 5. The van der Waals surface area contributed by atoms with Crippen LogP contribution in [0.4, 0.5) is 0 Å². The first-order valence-corrected chi connectivity index (χ1v) is 7.75. The Morgan fingerprint density at radius 1 is 1.36 bits per heavy atom. The van der Waals surface area contributed by atoms with Gasteiger partial charge in [0.05, 0.1) is 7.05 Å². The van der Waals surface area contributed by atoms with Gasteiger partial charge in [-0.1, -0.05) is 19.1 Å². The van der Waals surface area contributed by atoms with Crippen LogP contribution >= 0.6 is 0 Å². The third-order valence-corrected chi connectivity index (χ3v) is 5.20. The van der Waals surface area contributed by atoms with Crippen molar-refractivity contribution in [1.82, 2.24) is 25.1 Å². The molecule has 1 aromatic carbocycles. The molecule has 6 heteroatoms. The minimum atomic E-state index is 0.138. The van der Waals surface area contributed by atoms with Crippen LogP contribution in [-0.2, 0) is 7.05 Å². The smallest absolute Gasteiger partial charge is 0.253 e. The van der Waals surface area contributed by atoms with E-state index in [1.807, 2.05) is 29.2 Å². The molecule has 2 aliphatic rings. The standard InChI is InChI=1S/C16H19N5O/c1-3-16-8-13(16)9-21(10-16)15(22)12-6-4-11(5-7-12)14-17-19-20(2)18-14/h4-7,13H,3,8-10H2,1-2H3. The number of aromatic nitrogens is 4. The molecule has 6 nitrogen and oxygen atoms in total. The fraction of sp³-hybridized carbons (Fsp3) is 0.500. The van der Waals surface area contributed by atoms with E-state index in [4.69, 9.17) is 0 Å². The number of benzene rings is 1. The molecule has 2 fully saturated rings. The quantitative estimate of drug-likeness (QED) is 0.866. The van der Waals surface area contributed by atoms with E-state index in [0.29, 0.717) is 11.2 Å². The van der Waals surface area contributed by atoms with Gasteiger partial charge >= 0.3 is 0 Å². The van der Waals surface area contributed by atoms with Crippen molar-refractivity contribution in [3.63, 3.8) is 0 Å². The molecular weight excluding hydrogens is 278 g/mol. The van der Waals surface area contributed by atoms with E-state index in [0.717, 1.165) is 30.1 Å². The Morgan fingerprint density at radius 2 is 2.14 bits per heavy atom. The van der Waals surface area contributed by atoms with Gasteiger partial charge < -0.3 is 4.90 Å². The van der Waals surface area contributed by atoms with Gasteiger partial charge in [-0.15, -0.1) is 10.2 Å². The van der Waals surface area contributed by atoms with Gasteiger partial charge in [0.2, 0.25) is 5.82 Å². The first-order chi connectivity index (χ1) is 10.6. The number of amides is 1. The van der Waals surface area contributed by atoms with Crippen molar-refractivity contribution in [1.29, 1.82) is 0 Å². The second kappa shape index (κ2) is 4.63. The van der Waals surface area contributed by atoms with Crippen molar-refractivity contribution < 1.29 is 4.79 Å². The van der Waals surface area contributed by atoms with Gasteiger partial charge in [-0.2, -0.15) is 4.80 Å². The highest BCUT2D eigenvalue weighted by Crippen LogP contribution is 2.59. The molecule has 1 saturated heterocycles. The highest BCUT2D eigenvalue weighted by Gasteiger charge is 2.59. The van der Waals surface area contributed by atoms with Crippen LogP contribution in [0.1, 0.15) is 30.1 Å². The van der Waals surface area contributed by atoms with E-state index in [1.54, 1.807) is 7.05 Å². The molecule has 2 atom stereocenters. The summed E-state index contributed by atoms with van der Waals surface area (Å²) in [5.41, 5.74) is 2.04. The van der Waals surface area contributed by atoms with E-state index in [-0.39, 0.29) is 5.91 Å². The predicted molar refractivity (Wildman–Crippen MR) is 81.0 cm³/mol. The minimum absolute atomic E-state index is 0.138. The van der Waals surface area contributed by atoms with Crippen molar-refractivity contribution in [2.24, 2.45) is 18.4 Å². The fourth-order valence-electron chi connectivity index (χ4n) is 3.64. The topological polar surface area (TPSA) is 63.9 Å². The number of tetrazole rings is 1. The van der Waals surface area contributed by atoms with E-state index < -0.39 is 0 Å². The summed E-state index contributed by atoms with van der Waals surface area (Å²) in [6, 6.07) is 7.49. The molecule has 1 aromatic heterocycles. The summed E-state index contributed by atoms with van der Waals surface area (Å²) in [6.07, 6.45) is 2.48. The molecule has 114 valence electrons. The maximum Gasteiger partial charge on any atom is 0.253 e. The Bertz CT molecular complexity index is 718. The van der Waals surface area contributed by atoms with Gasteiger partial charge in [-0.05, 0) is 41.5 Å². The molecule has 2 aromatic rings. The number of piperidine rings is 1. The lowest BCUT2D eigenvalue weighted by Crippen LogP contribution is -2.31. The number of carbonyl (C=O) groups excluding carboxylic acids is 1. The van der Waals surface area contributed by atoms with Crippen LogP contribution < -0.4 is 0 Å². The van der Waals surface area contributed by atoms with Gasteiger partial charge in [-0.3, -0.25) is 4.79 Å². The number of hydrogen-bond donors (Lipinski definition) is 0. The molecule has 1 aliphatic heterocycles. The number of likely N-dealkylation sites (tertiary alicyclic amines) is 1. The summed E-state index contributed by atoms with van der Waals surface area (Å²) in [7, 11) is 1.73. The van der Waals surface area contributed by atoms with Crippen LogP contribution in [0, 0.1) is 11.3 Å². The average molecular weight is 297 g/mol. The van der Waals surface area contributed by atoms with E-state index in [1.165, 1.54) is 17.6 Å². The highest BCUT2D eigenvalue weighted by atomic mass is 16.2. The summed E-state index contributed by atoms with van der Waals surface area (Å²) >= 11 is 0. The van der Waals surface area contributed by atoms with Gasteiger partial charge in [0.25, 0.3) is 5.91 Å². The molecule has 1 saturated carbocycles. The molecule has 0 radical (unpaired) electrons. The predicted octanol–water partition coefficient (Wildman–Crippen LogP) is 1.75. The van der Waals surface area contributed by atoms with Crippen LogP contribution in [-0.4, -0.2) is 44.1 Å². The number of aryl methyl sites for hydroxylation is 1. The largest absolute Gasteiger partial charge is 0.338 e. The van der Waals surface area contributed by atoms with Crippen molar-refractivity contribution >= 4 is 5.91 Å². The minimum Gasteiger partial charge on any atom is -0.338 e. The average Bonchev–Trinajstić information content (AvgIpc) is 2.88. The van der Waals surface area contributed by atoms with Crippen molar-refractivity contribution in [3.05, 3.63) is 29.8 Å². The summed E-state index contributed by atoms with van der Waals surface area (Å²) < 4.78 is 0. The number of carbonyl (C=O) groups is 1. The molecule has 2 heterocycles. The Hall–Kier alpha value is -2.24. The maximum atomic E-state index is 12.6. The molecule has 2 unspecified atom stereocenters. The molecule has 1 aliphatic carbocycles. The van der Waals surface area contributed by atoms with E-state index >= 15 is 0 Å². The lowest BCUT2D eigenvalue weighted by Gasteiger charge is -2.20. The Morgan fingerprint density at radius 3 is 2.73 bits per heavy atom. The molecular formula is C16H19N5O. The summed E-state index contributed by atoms with van der Waals surface area (Å²) in [5, 5.41) is 12.0.